The molecule has 8 nitrogen and oxygen atoms in total. The van der Waals surface area contributed by atoms with Crippen molar-refractivity contribution in [2.75, 3.05) is 18.9 Å². The van der Waals surface area contributed by atoms with Gasteiger partial charge in [-0.15, -0.1) is 0 Å². The van der Waals surface area contributed by atoms with Gasteiger partial charge in [0.25, 0.3) is 5.56 Å². The molecule has 4 aromatic rings. The Hall–Kier alpha value is -3.59. The predicted molar refractivity (Wildman–Crippen MR) is 125 cm³/mol. The lowest BCUT2D eigenvalue weighted by atomic mass is 10.1. The van der Waals surface area contributed by atoms with E-state index in [1.165, 1.54) is 22.5 Å². The summed E-state index contributed by atoms with van der Waals surface area (Å²) in [6.45, 7) is 3.01. The molecule has 0 radical (unpaired) electrons. The van der Waals surface area contributed by atoms with Crippen molar-refractivity contribution in [2.45, 2.75) is 18.5 Å². The van der Waals surface area contributed by atoms with Crippen molar-refractivity contribution in [2.24, 2.45) is 0 Å². The van der Waals surface area contributed by atoms with Crippen LogP contribution in [0, 0.1) is 0 Å². The molecule has 2 aromatic carbocycles. The Bertz CT molecular complexity index is 1250. The number of ether oxygens (including phenoxy) is 1. The molecule has 0 aliphatic heterocycles. The number of carbonyl (C=O) groups is 1. The fraction of sp³-hybridized carbons (Fsp3) is 0.217. The number of nitrogens with one attached hydrogen (secondary N) is 2. The van der Waals surface area contributed by atoms with E-state index in [1.807, 2.05) is 37.3 Å². The molecule has 0 unspecified atom stereocenters. The molecule has 164 valence electrons. The third-order valence-electron chi connectivity index (χ3n) is 4.77. The number of nitrogens with zero attached hydrogens (tertiary/aromatic N) is 3. The van der Waals surface area contributed by atoms with E-state index in [4.69, 9.17) is 4.74 Å². The predicted octanol–water partition coefficient (Wildman–Crippen LogP) is 2.96. The third kappa shape index (κ3) is 5.00. The Morgan fingerprint density at radius 3 is 2.69 bits per heavy atom. The molecular formula is C23H23N5O3S. The number of carbonyl (C=O) groups excluding carboxylic acids is 1. The summed E-state index contributed by atoms with van der Waals surface area (Å²) in [5.74, 6) is 0.731. The van der Waals surface area contributed by atoms with E-state index in [2.05, 4.69) is 20.5 Å². The van der Waals surface area contributed by atoms with Crippen molar-refractivity contribution >= 4 is 28.7 Å². The molecule has 2 aromatic heterocycles. The topological polar surface area (TPSA) is 102 Å². The minimum atomic E-state index is -0.250. The Balaban J connectivity index is 1.50. The summed E-state index contributed by atoms with van der Waals surface area (Å²) in [6, 6.07) is 17.2. The van der Waals surface area contributed by atoms with Gasteiger partial charge in [-0.2, -0.15) is 5.10 Å². The number of benzene rings is 2. The van der Waals surface area contributed by atoms with Crippen molar-refractivity contribution in [3.05, 3.63) is 76.7 Å². The van der Waals surface area contributed by atoms with Gasteiger partial charge in [0.1, 0.15) is 11.1 Å². The van der Waals surface area contributed by atoms with Crippen LogP contribution in [0.1, 0.15) is 12.5 Å². The van der Waals surface area contributed by atoms with E-state index in [1.54, 1.807) is 24.3 Å². The first-order valence-corrected chi connectivity index (χ1v) is 11.3. The highest BCUT2D eigenvalue weighted by Gasteiger charge is 2.16. The Morgan fingerprint density at radius 2 is 1.94 bits per heavy atom. The number of thioether (sulfide) groups is 1. The van der Waals surface area contributed by atoms with Gasteiger partial charge in [0.05, 0.1) is 24.2 Å². The minimum absolute atomic E-state index is 0.122. The Labute approximate surface area is 189 Å². The largest absolute Gasteiger partial charge is 0.494 e. The SMILES string of the molecule is CCOc1ccc(-n2c(SCC(=O)NCCc3ccccc3)nc3[nH]ncc3c2=O)cc1. The number of hydrogen-bond donors (Lipinski definition) is 2. The number of fused-ring (bicyclic) bond motifs is 1. The highest BCUT2D eigenvalue weighted by atomic mass is 32.2. The summed E-state index contributed by atoms with van der Waals surface area (Å²) in [5, 5.41) is 10.4. The third-order valence-corrected chi connectivity index (χ3v) is 5.71. The van der Waals surface area contributed by atoms with E-state index in [0.717, 1.165) is 12.0 Å². The maximum Gasteiger partial charge on any atom is 0.269 e. The summed E-state index contributed by atoms with van der Waals surface area (Å²) >= 11 is 1.20. The van der Waals surface area contributed by atoms with Crippen LogP contribution in [0.3, 0.4) is 0 Å². The van der Waals surface area contributed by atoms with Crippen molar-refractivity contribution in [1.82, 2.24) is 25.1 Å². The molecule has 0 spiro atoms. The number of H-pyrrole nitrogens is 1. The van der Waals surface area contributed by atoms with Crippen LogP contribution < -0.4 is 15.6 Å². The standard InChI is InChI=1S/C23H23N5O3S/c1-2-31-18-10-8-17(9-11-18)28-22(30)19-14-25-27-21(19)26-23(28)32-15-20(29)24-13-12-16-6-4-3-5-7-16/h3-11,14H,2,12-13,15H2,1H3,(H,24,29)(H,25,27). The molecule has 0 fully saturated rings. The molecule has 1 amide bonds. The molecule has 0 bridgehead atoms. The van der Waals surface area contributed by atoms with Crippen LogP contribution in [-0.2, 0) is 11.2 Å². The van der Waals surface area contributed by atoms with Crippen LogP contribution in [0.4, 0.5) is 0 Å². The summed E-state index contributed by atoms with van der Waals surface area (Å²) in [4.78, 5) is 30.0. The number of aromatic amines is 1. The first-order chi connectivity index (χ1) is 15.7. The first kappa shape index (κ1) is 21.6. The zero-order valence-corrected chi connectivity index (χ0v) is 18.4. The highest BCUT2D eigenvalue weighted by Crippen LogP contribution is 2.22. The van der Waals surface area contributed by atoms with E-state index in [-0.39, 0.29) is 17.2 Å². The zero-order chi connectivity index (χ0) is 22.3. The van der Waals surface area contributed by atoms with Gasteiger partial charge in [-0.25, -0.2) is 4.98 Å². The van der Waals surface area contributed by atoms with Gasteiger partial charge in [0.15, 0.2) is 10.8 Å². The van der Waals surface area contributed by atoms with Crippen LogP contribution in [0.5, 0.6) is 5.75 Å². The summed E-state index contributed by atoms with van der Waals surface area (Å²) in [5.41, 5.74) is 1.95. The second-order valence-corrected chi connectivity index (χ2v) is 7.91. The minimum Gasteiger partial charge on any atom is -0.494 e. The summed E-state index contributed by atoms with van der Waals surface area (Å²) < 4.78 is 6.98. The lowest BCUT2D eigenvalue weighted by Gasteiger charge is -2.12. The number of rotatable bonds is 9. The molecule has 2 N–H and O–H groups in total. The van der Waals surface area contributed by atoms with Crippen molar-refractivity contribution in [1.29, 1.82) is 0 Å². The average molecular weight is 450 g/mol. The molecule has 32 heavy (non-hydrogen) atoms. The van der Waals surface area contributed by atoms with Crippen LogP contribution in [0.15, 0.2) is 70.7 Å². The van der Waals surface area contributed by atoms with Gasteiger partial charge in [0.2, 0.25) is 5.91 Å². The molecule has 0 saturated heterocycles. The molecule has 9 heteroatoms. The second kappa shape index (κ2) is 10.1. The molecule has 4 rings (SSSR count). The molecule has 0 aliphatic carbocycles. The molecule has 0 atom stereocenters. The second-order valence-electron chi connectivity index (χ2n) is 6.97. The van der Waals surface area contributed by atoms with Crippen LogP contribution in [0.25, 0.3) is 16.7 Å². The zero-order valence-electron chi connectivity index (χ0n) is 17.6. The smallest absolute Gasteiger partial charge is 0.269 e. The van der Waals surface area contributed by atoms with E-state index in [9.17, 15) is 9.59 Å². The monoisotopic (exact) mass is 449 g/mol. The highest BCUT2D eigenvalue weighted by molar-refractivity contribution is 7.99. The van der Waals surface area contributed by atoms with Gasteiger partial charge < -0.3 is 10.1 Å². The van der Waals surface area contributed by atoms with Crippen molar-refractivity contribution < 1.29 is 9.53 Å². The Morgan fingerprint density at radius 1 is 1.16 bits per heavy atom. The van der Waals surface area contributed by atoms with Gasteiger partial charge in [-0.05, 0) is 43.2 Å². The number of hydrogen-bond acceptors (Lipinski definition) is 6. The van der Waals surface area contributed by atoms with Gasteiger partial charge in [-0.3, -0.25) is 19.3 Å². The summed E-state index contributed by atoms with van der Waals surface area (Å²) in [6.07, 6.45) is 2.22. The number of aromatic nitrogens is 4. The molecule has 0 saturated carbocycles. The van der Waals surface area contributed by atoms with E-state index >= 15 is 0 Å². The fourth-order valence-corrected chi connectivity index (χ4v) is 4.06. The van der Waals surface area contributed by atoms with E-state index in [0.29, 0.717) is 40.8 Å². The van der Waals surface area contributed by atoms with E-state index < -0.39 is 0 Å². The average Bonchev–Trinajstić information content (AvgIpc) is 3.29. The lowest BCUT2D eigenvalue weighted by molar-refractivity contribution is -0.118. The van der Waals surface area contributed by atoms with Crippen LogP contribution in [-0.4, -0.2) is 44.6 Å². The maximum absolute atomic E-state index is 13.1. The molecule has 0 aliphatic rings. The Kier molecular flexibility index (Phi) is 6.86. The van der Waals surface area contributed by atoms with Crippen LogP contribution >= 0.6 is 11.8 Å². The van der Waals surface area contributed by atoms with Crippen molar-refractivity contribution in [3.63, 3.8) is 0 Å². The normalized spacial score (nSPS) is 10.9. The van der Waals surface area contributed by atoms with Gasteiger partial charge in [-0.1, -0.05) is 42.1 Å². The van der Waals surface area contributed by atoms with Crippen molar-refractivity contribution in [3.8, 4) is 11.4 Å². The summed E-state index contributed by atoms with van der Waals surface area (Å²) in [7, 11) is 0. The first-order valence-electron chi connectivity index (χ1n) is 10.3. The number of amides is 1. The van der Waals surface area contributed by atoms with Crippen LogP contribution in [0.2, 0.25) is 0 Å². The van der Waals surface area contributed by atoms with Gasteiger partial charge in [0, 0.05) is 6.54 Å². The lowest BCUT2D eigenvalue weighted by Crippen LogP contribution is -2.28. The fourth-order valence-electron chi connectivity index (χ4n) is 3.23. The van der Waals surface area contributed by atoms with Gasteiger partial charge >= 0.3 is 0 Å². The quantitative estimate of drug-likeness (QED) is 0.301. The molecular weight excluding hydrogens is 426 g/mol. The molecule has 2 heterocycles. The maximum atomic E-state index is 13.1.